The average molecular weight is 843 g/mol. The maximum absolute atomic E-state index is 15.8. The second-order valence-electron chi connectivity index (χ2n) is 15.9. The van der Waals surface area contributed by atoms with E-state index < -0.39 is 54.5 Å². The third kappa shape index (κ3) is 7.47. The van der Waals surface area contributed by atoms with Gasteiger partial charge in [0.25, 0.3) is 17.7 Å². The first-order chi connectivity index (χ1) is 28.9. The predicted molar refractivity (Wildman–Crippen MR) is 218 cm³/mol. The fourth-order valence-electron chi connectivity index (χ4n) is 8.69. The molecule has 4 fully saturated rings. The lowest BCUT2D eigenvalue weighted by Gasteiger charge is -2.45. The van der Waals surface area contributed by atoms with Crippen LogP contribution in [0.15, 0.2) is 48.7 Å². The van der Waals surface area contributed by atoms with Crippen LogP contribution in [-0.4, -0.2) is 119 Å². The van der Waals surface area contributed by atoms with Crippen molar-refractivity contribution in [1.82, 2.24) is 35.0 Å². The Morgan fingerprint density at radius 1 is 0.983 bits per heavy atom. The van der Waals surface area contributed by atoms with E-state index in [0.717, 1.165) is 28.1 Å². The van der Waals surface area contributed by atoms with Crippen molar-refractivity contribution < 1.29 is 32.3 Å². The number of aromatic nitrogens is 3. The van der Waals surface area contributed by atoms with Gasteiger partial charge in [-0.15, -0.1) is 5.10 Å². The van der Waals surface area contributed by atoms with Gasteiger partial charge in [0.15, 0.2) is 17.2 Å². The van der Waals surface area contributed by atoms with Crippen LogP contribution in [0, 0.1) is 17.8 Å². The summed E-state index contributed by atoms with van der Waals surface area (Å²) < 4.78 is 46.7. The second-order valence-corrected chi connectivity index (χ2v) is 16.3. The fourth-order valence-corrected chi connectivity index (χ4v) is 8.91. The van der Waals surface area contributed by atoms with Crippen molar-refractivity contribution >= 4 is 63.9 Å². The summed E-state index contributed by atoms with van der Waals surface area (Å²) in [5.41, 5.74) is 4.65. The Hall–Kier alpha value is -5.86. The number of benzene rings is 2. The second kappa shape index (κ2) is 15.6. The van der Waals surface area contributed by atoms with Gasteiger partial charge in [-0.25, -0.2) is 27.5 Å². The Morgan fingerprint density at radius 3 is 2.50 bits per heavy atom. The maximum Gasteiger partial charge on any atom is 0.328 e. The highest BCUT2D eigenvalue weighted by molar-refractivity contribution is 6.34. The molecule has 1 unspecified atom stereocenters. The Morgan fingerprint density at radius 2 is 1.77 bits per heavy atom. The smallest absolute Gasteiger partial charge is 0.328 e. The number of carbonyl (C=O) groups is 4. The molecule has 18 heteroatoms. The lowest BCUT2D eigenvalue weighted by atomic mass is 9.91. The number of amides is 5. The standard InChI is InChI=1S/C42H42ClF3N10O4/c1-47-31-21-36(51-56-34(22-48-38(31)56)39(58)49-30-20-29(30)44)54-17-11-27-25(3-2-4-32(27)54)6-5-24-9-14-52(15-10-24)35-12-16-53(23-42(35,45)46)40(59)26-7-8-28(43)33(19-26)55-18-13-37(57)50-41(55)60/h2-4,7-8,19,21-22,24,29-30,35,47H,9-18,20,23H2,1H3,(H,49,58)(H,50,57,60)/t29-,30+,35?/m0/s1. The van der Waals surface area contributed by atoms with Crippen molar-refractivity contribution in [2.45, 2.75) is 62.7 Å². The highest BCUT2D eigenvalue weighted by atomic mass is 35.5. The van der Waals surface area contributed by atoms with Crippen molar-refractivity contribution in [3.05, 3.63) is 76.1 Å². The minimum atomic E-state index is -3.15. The topological polar surface area (TPSA) is 148 Å². The van der Waals surface area contributed by atoms with E-state index in [4.69, 9.17) is 16.7 Å². The molecular formula is C42H42ClF3N10O4. The number of urea groups is 1. The maximum atomic E-state index is 15.8. The van der Waals surface area contributed by atoms with E-state index in [2.05, 4.69) is 37.7 Å². The number of hydrogen-bond donors (Lipinski definition) is 3. The van der Waals surface area contributed by atoms with Crippen LogP contribution in [0.1, 0.15) is 64.1 Å². The number of nitrogens with zero attached hydrogens (tertiary/aromatic N) is 7. The molecule has 9 rings (SSSR count). The molecule has 5 aliphatic rings. The molecule has 3 saturated heterocycles. The van der Waals surface area contributed by atoms with Crippen molar-refractivity contribution in [2.75, 3.05) is 61.4 Å². The number of imide groups is 1. The number of fused-ring (bicyclic) bond motifs is 2. The molecule has 2 aromatic heterocycles. The zero-order valence-corrected chi connectivity index (χ0v) is 33.4. The number of likely N-dealkylation sites (tertiary alicyclic amines) is 2. The van der Waals surface area contributed by atoms with E-state index in [1.807, 2.05) is 29.2 Å². The number of nitrogens with one attached hydrogen (secondary N) is 3. The molecule has 0 radical (unpaired) electrons. The van der Waals surface area contributed by atoms with Gasteiger partial charge in [0.05, 0.1) is 41.2 Å². The Kier molecular flexibility index (Phi) is 10.3. The van der Waals surface area contributed by atoms with Gasteiger partial charge < -0.3 is 20.4 Å². The molecule has 0 spiro atoms. The van der Waals surface area contributed by atoms with Crippen molar-refractivity contribution in [3.63, 3.8) is 0 Å². The number of imidazole rings is 1. The average Bonchev–Trinajstić information content (AvgIpc) is 3.55. The van der Waals surface area contributed by atoms with Gasteiger partial charge in [-0.05, 0) is 74.7 Å². The van der Waals surface area contributed by atoms with Crippen LogP contribution in [0.3, 0.4) is 0 Å². The van der Waals surface area contributed by atoms with E-state index in [0.29, 0.717) is 56.0 Å². The van der Waals surface area contributed by atoms with E-state index in [-0.39, 0.29) is 53.8 Å². The zero-order chi connectivity index (χ0) is 41.9. The van der Waals surface area contributed by atoms with Crippen molar-refractivity contribution in [3.8, 4) is 11.8 Å². The molecule has 0 bridgehead atoms. The van der Waals surface area contributed by atoms with Gasteiger partial charge in [-0.2, -0.15) is 0 Å². The molecule has 6 heterocycles. The number of piperidine rings is 2. The van der Waals surface area contributed by atoms with Crippen LogP contribution in [-0.2, 0) is 11.2 Å². The molecule has 4 aromatic rings. The fraction of sp³-hybridized carbons (Fsp3) is 0.429. The van der Waals surface area contributed by atoms with Crippen LogP contribution >= 0.6 is 11.6 Å². The number of halogens is 4. The van der Waals surface area contributed by atoms with E-state index in [9.17, 15) is 23.6 Å². The van der Waals surface area contributed by atoms with Crippen molar-refractivity contribution in [1.29, 1.82) is 0 Å². The summed E-state index contributed by atoms with van der Waals surface area (Å²) in [6.07, 6.45) is 2.87. The third-order valence-corrected chi connectivity index (χ3v) is 12.4. The van der Waals surface area contributed by atoms with Crippen LogP contribution in [0.2, 0.25) is 5.02 Å². The normalized spacial score (nSPS) is 22.9. The molecule has 1 saturated carbocycles. The summed E-state index contributed by atoms with van der Waals surface area (Å²) in [4.78, 5) is 61.2. The van der Waals surface area contributed by atoms with E-state index in [1.54, 1.807) is 7.05 Å². The summed E-state index contributed by atoms with van der Waals surface area (Å²) in [5.74, 6) is 2.88. The number of alkyl halides is 3. The highest BCUT2D eigenvalue weighted by Gasteiger charge is 2.49. The van der Waals surface area contributed by atoms with Crippen LogP contribution in [0.5, 0.6) is 0 Å². The molecule has 5 amide bonds. The first kappa shape index (κ1) is 39.6. The summed E-state index contributed by atoms with van der Waals surface area (Å²) in [5, 5.41) is 13.1. The molecule has 60 heavy (non-hydrogen) atoms. The summed E-state index contributed by atoms with van der Waals surface area (Å²) in [6.45, 7) is 1.05. The van der Waals surface area contributed by atoms with Gasteiger partial charge in [-0.3, -0.25) is 29.5 Å². The van der Waals surface area contributed by atoms with E-state index in [1.165, 1.54) is 33.8 Å². The van der Waals surface area contributed by atoms with Gasteiger partial charge in [-0.1, -0.05) is 29.5 Å². The minimum absolute atomic E-state index is 0.0282. The number of rotatable bonds is 7. The van der Waals surface area contributed by atoms with Crippen molar-refractivity contribution in [2.24, 2.45) is 5.92 Å². The molecule has 1 aliphatic carbocycles. The van der Waals surface area contributed by atoms with Gasteiger partial charge in [0.1, 0.15) is 6.17 Å². The summed E-state index contributed by atoms with van der Waals surface area (Å²) in [7, 11) is 1.77. The molecule has 3 atom stereocenters. The first-order valence-corrected chi connectivity index (χ1v) is 20.5. The largest absolute Gasteiger partial charge is 0.385 e. The van der Waals surface area contributed by atoms with Crippen LogP contribution in [0.25, 0.3) is 5.65 Å². The predicted octanol–water partition coefficient (Wildman–Crippen LogP) is 5.02. The first-order valence-electron chi connectivity index (χ1n) is 20.1. The monoisotopic (exact) mass is 842 g/mol. The number of carbonyl (C=O) groups excluding carboxylic acids is 4. The molecule has 312 valence electrons. The zero-order valence-electron chi connectivity index (χ0n) is 32.7. The van der Waals surface area contributed by atoms with Gasteiger partial charge in [0, 0.05) is 68.3 Å². The molecule has 4 aliphatic heterocycles. The Balaban J connectivity index is 0.836. The van der Waals surface area contributed by atoms with Crippen LogP contribution in [0.4, 0.5) is 40.8 Å². The quantitative estimate of drug-likeness (QED) is 0.219. The molecular weight excluding hydrogens is 801 g/mol. The lowest BCUT2D eigenvalue weighted by molar-refractivity contribution is -0.124. The molecule has 14 nitrogen and oxygen atoms in total. The SMILES string of the molecule is CNc1cc(N2CCc3c(C#CC4CCN(C5CCN(C(=O)c6ccc(Cl)c(N7CCC(=O)NC7=O)c6)CC5(F)F)CC4)cccc32)nn2c(C(=O)N[C@@H]3C[C@@H]3F)cnc12. The third-order valence-electron chi connectivity index (χ3n) is 12.1. The lowest BCUT2D eigenvalue weighted by Crippen LogP contribution is -2.60. The van der Waals surface area contributed by atoms with Gasteiger partial charge in [0.2, 0.25) is 5.91 Å². The van der Waals surface area contributed by atoms with Gasteiger partial charge >= 0.3 is 6.03 Å². The molecule has 2 aromatic carbocycles. The number of hydrogen-bond acceptors (Lipinski definition) is 9. The number of anilines is 4. The Labute approximate surface area is 348 Å². The van der Waals surface area contributed by atoms with Crippen LogP contribution < -0.4 is 25.8 Å². The summed E-state index contributed by atoms with van der Waals surface area (Å²) >= 11 is 6.34. The summed E-state index contributed by atoms with van der Waals surface area (Å²) in [6, 6.07) is 9.97. The van der Waals surface area contributed by atoms with E-state index >= 15 is 8.78 Å². The molecule has 3 N–H and O–H groups in total. The Bertz CT molecular complexity index is 2480. The highest BCUT2D eigenvalue weighted by Crippen LogP contribution is 2.38. The minimum Gasteiger partial charge on any atom is -0.385 e.